The summed E-state index contributed by atoms with van der Waals surface area (Å²) in [5.74, 6) is -4.70. The number of nitrogens with zero attached hydrogens (tertiary/aromatic N) is 1. The van der Waals surface area contributed by atoms with Crippen LogP contribution >= 0.6 is 23.2 Å². The van der Waals surface area contributed by atoms with E-state index in [9.17, 15) is 13.2 Å². The zero-order valence-electron chi connectivity index (χ0n) is 6.49. The van der Waals surface area contributed by atoms with Crippen molar-refractivity contribution >= 4 is 23.2 Å². The van der Waals surface area contributed by atoms with Crippen LogP contribution in [0, 0.1) is 17.1 Å². The fourth-order valence-corrected chi connectivity index (χ4v) is 1.29. The van der Waals surface area contributed by atoms with E-state index < -0.39 is 27.3 Å². The average Bonchev–Trinajstić information content (AvgIpc) is 2.13. The molecule has 0 fully saturated rings. The van der Waals surface area contributed by atoms with E-state index in [0.717, 1.165) is 6.07 Å². The molecular weight excluding hydrogens is 238 g/mol. The van der Waals surface area contributed by atoms with Crippen molar-refractivity contribution in [1.29, 1.82) is 5.26 Å². The van der Waals surface area contributed by atoms with Gasteiger partial charge in [0.05, 0.1) is 10.0 Å². The molecule has 14 heavy (non-hydrogen) atoms. The molecule has 0 heterocycles. The Morgan fingerprint density at radius 1 is 1.21 bits per heavy atom. The quantitative estimate of drug-likeness (QED) is 0.685. The van der Waals surface area contributed by atoms with Crippen LogP contribution in [-0.2, 0) is 5.92 Å². The highest BCUT2D eigenvalue weighted by atomic mass is 35.5. The van der Waals surface area contributed by atoms with Crippen molar-refractivity contribution in [3.63, 3.8) is 0 Å². The Morgan fingerprint density at radius 2 is 1.64 bits per heavy atom. The molecule has 0 N–H and O–H groups in total. The molecule has 0 aromatic heterocycles. The van der Waals surface area contributed by atoms with Crippen molar-refractivity contribution in [1.82, 2.24) is 0 Å². The van der Waals surface area contributed by atoms with E-state index in [2.05, 4.69) is 0 Å². The third-order valence-electron chi connectivity index (χ3n) is 1.49. The SMILES string of the molecule is N#CC(F)(F)c1cc(Cl)c(F)c(Cl)c1. The first-order valence-corrected chi connectivity index (χ1v) is 4.08. The summed E-state index contributed by atoms with van der Waals surface area (Å²) in [7, 11) is 0. The number of nitriles is 1. The third kappa shape index (κ3) is 1.94. The Bertz CT molecular complexity index is 389. The molecule has 0 amide bonds. The van der Waals surface area contributed by atoms with Gasteiger partial charge in [-0.3, -0.25) is 0 Å². The second-order valence-corrected chi connectivity index (χ2v) is 3.25. The zero-order valence-corrected chi connectivity index (χ0v) is 8.00. The smallest absolute Gasteiger partial charge is 0.204 e. The van der Waals surface area contributed by atoms with Crippen LogP contribution in [0.3, 0.4) is 0 Å². The second-order valence-electron chi connectivity index (χ2n) is 2.44. The van der Waals surface area contributed by atoms with Crippen LogP contribution in [0.2, 0.25) is 10.0 Å². The van der Waals surface area contributed by atoms with Gasteiger partial charge in [-0.05, 0) is 12.1 Å². The van der Waals surface area contributed by atoms with E-state index in [0.29, 0.717) is 12.1 Å². The average molecular weight is 240 g/mol. The van der Waals surface area contributed by atoms with Crippen LogP contribution in [0.5, 0.6) is 0 Å². The van der Waals surface area contributed by atoms with Crippen LogP contribution in [0.25, 0.3) is 0 Å². The van der Waals surface area contributed by atoms with Crippen LogP contribution in [0.15, 0.2) is 12.1 Å². The molecule has 0 radical (unpaired) electrons. The molecule has 1 aromatic carbocycles. The van der Waals surface area contributed by atoms with Gasteiger partial charge in [0.1, 0.15) is 6.07 Å². The lowest BCUT2D eigenvalue weighted by molar-refractivity contribution is 0.0612. The summed E-state index contributed by atoms with van der Waals surface area (Å²) in [5.41, 5.74) is -0.726. The second kappa shape index (κ2) is 3.68. The fourth-order valence-electron chi connectivity index (χ4n) is 0.801. The topological polar surface area (TPSA) is 23.8 Å². The number of rotatable bonds is 1. The minimum Gasteiger partial charge on any atom is -0.204 e. The van der Waals surface area contributed by atoms with Crippen LogP contribution in [0.1, 0.15) is 5.56 Å². The third-order valence-corrected chi connectivity index (χ3v) is 2.04. The molecule has 0 aliphatic heterocycles. The molecule has 0 bridgehead atoms. The van der Waals surface area contributed by atoms with Gasteiger partial charge >= 0.3 is 5.92 Å². The van der Waals surface area contributed by atoms with Crippen LogP contribution in [-0.4, -0.2) is 0 Å². The lowest BCUT2D eigenvalue weighted by Gasteiger charge is -2.08. The molecule has 0 unspecified atom stereocenters. The van der Waals surface area contributed by atoms with E-state index in [1.54, 1.807) is 0 Å². The molecule has 0 saturated heterocycles. The maximum atomic E-state index is 12.8. The Morgan fingerprint density at radius 3 is 2.00 bits per heavy atom. The molecule has 0 atom stereocenters. The van der Waals surface area contributed by atoms with Crippen molar-refractivity contribution < 1.29 is 13.2 Å². The lowest BCUT2D eigenvalue weighted by Crippen LogP contribution is -2.10. The largest absolute Gasteiger partial charge is 0.357 e. The summed E-state index contributed by atoms with van der Waals surface area (Å²) in [6.45, 7) is 0. The van der Waals surface area contributed by atoms with Gasteiger partial charge in [0.2, 0.25) is 0 Å². The van der Waals surface area contributed by atoms with Crippen molar-refractivity contribution in [3.8, 4) is 6.07 Å². The minimum atomic E-state index is -3.72. The molecule has 1 rings (SSSR count). The Balaban J connectivity index is 3.35. The van der Waals surface area contributed by atoms with Crippen molar-refractivity contribution in [2.24, 2.45) is 0 Å². The number of halogens is 5. The molecule has 6 heteroatoms. The maximum absolute atomic E-state index is 12.8. The van der Waals surface area contributed by atoms with Gasteiger partial charge < -0.3 is 0 Å². The first-order valence-electron chi connectivity index (χ1n) is 3.32. The lowest BCUT2D eigenvalue weighted by atomic mass is 10.1. The predicted octanol–water partition coefficient (Wildman–Crippen LogP) is 3.75. The highest BCUT2D eigenvalue weighted by Gasteiger charge is 2.32. The van der Waals surface area contributed by atoms with E-state index >= 15 is 0 Å². The molecule has 1 aromatic rings. The minimum absolute atomic E-state index is 0.539. The zero-order chi connectivity index (χ0) is 10.9. The van der Waals surface area contributed by atoms with E-state index in [-0.39, 0.29) is 0 Å². The molecule has 74 valence electrons. The molecule has 1 nitrogen and oxygen atoms in total. The van der Waals surface area contributed by atoms with Crippen LogP contribution in [0.4, 0.5) is 13.2 Å². The normalized spacial score (nSPS) is 11.1. The molecule has 0 aliphatic rings. The summed E-state index contributed by atoms with van der Waals surface area (Å²) in [6.07, 6.45) is 0. The van der Waals surface area contributed by atoms with Crippen LogP contribution < -0.4 is 0 Å². The first-order chi connectivity index (χ1) is 6.38. The number of hydrogen-bond donors (Lipinski definition) is 0. The molecular formula is C8H2Cl2F3N. The number of benzene rings is 1. The Labute approximate surface area is 87.7 Å². The monoisotopic (exact) mass is 239 g/mol. The highest BCUT2D eigenvalue weighted by Crippen LogP contribution is 2.33. The predicted molar refractivity (Wildman–Crippen MR) is 45.9 cm³/mol. The molecule has 0 spiro atoms. The Hall–Kier alpha value is -0.920. The fraction of sp³-hybridized carbons (Fsp3) is 0.125. The van der Waals surface area contributed by atoms with E-state index in [1.165, 1.54) is 0 Å². The van der Waals surface area contributed by atoms with Crippen molar-refractivity contribution in [2.75, 3.05) is 0 Å². The van der Waals surface area contributed by atoms with Crippen molar-refractivity contribution in [3.05, 3.63) is 33.6 Å². The summed E-state index contributed by atoms with van der Waals surface area (Å²) in [6, 6.07) is 2.10. The van der Waals surface area contributed by atoms with E-state index in [4.69, 9.17) is 28.5 Å². The van der Waals surface area contributed by atoms with Gasteiger partial charge in [0.25, 0.3) is 0 Å². The number of hydrogen-bond acceptors (Lipinski definition) is 1. The molecule has 0 saturated carbocycles. The van der Waals surface area contributed by atoms with Gasteiger partial charge in [-0.15, -0.1) is 0 Å². The highest BCUT2D eigenvalue weighted by molar-refractivity contribution is 6.35. The summed E-state index contributed by atoms with van der Waals surface area (Å²) < 4.78 is 38.4. The van der Waals surface area contributed by atoms with Gasteiger partial charge in [-0.2, -0.15) is 14.0 Å². The number of alkyl halides is 2. The van der Waals surface area contributed by atoms with Gasteiger partial charge in [-0.25, -0.2) is 4.39 Å². The summed E-state index contributed by atoms with van der Waals surface area (Å²) in [5, 5.41) is 7.04. The van der Waals surface area contributed by atoms with Crippen molar-refractivity contribution in [2.45, 2.75) is 5.92 Å². The van der Waals surface area contributed by atoms with Gasteiger partial charge in [0, 0.05) is 5.56 Å². The van der Waals surface area contributed by atoms with Gasteiger partial charge in [0.15, 0.2) is 5.82 Å². The molecule has 0 aliphatic carbocycles. The van der Waals surface area contributed by atoms with Gasteiger partial charge in [-0.1, -0.05) is 23.2 Å². The first kappa shape index (κ1) is 11.2. The summed E-state index contributed by atoms with van der Waals surface area (Å²) in [4.78, 5) is 0. The maximum Gasteiger partial charge on any atom is 0.357 e. The standard InChI is InChI=1S/C8H2Cl2F3N/c9-5-1-4(8(12,13)3-14)2-6(10)7(5)11/h1-2H. The Kier molecular flexibility index (Phi) is 2.93. The van der Waals surface area contributed by atoms with E-state index in [1.807, 2.05) is 0 Å². The summed E-state index contributed by atoms with van der Waals surface area (Å²) >= 11 is 10.6.